The zero-order valence-corrected chi connectivity index (χ0v) is 25.2. The van der Waals surface area contributed by atoms with E-state index < -0.39 is 0 Å². The topological polar surface area (TPSA) is 69.9 Å². The van der Waals surface area contributed by atoms with E-state index in [1.807, 2.05) is 14.0 Å². The second kappa shape index (κ2) is 23.5. The van der Waals surface area contributed by atoms with Gasteiger partial charge in [-0.05, 0) is 76.4 Å². The smallest absolute Gasteiger partial charge is 0.0959 e. The number of aliphatic hydroxyl groups excluding tert-OH is 1. The van der Waals surface area contributed by atoms with Crippen LogP contribution >= 0.6 is 0 Å². The van der Waals surface area contributed by atoms with Crippen LogP contribution in [-0.4, -0.2) is 136 Å². The normalized spacial score (nSPS) is 14.7. The molecule has 0 aromatic rings. The number of amidine groups is 2. The Balaban J connectivity index is -0.000000378. The lowest BCUT2D eigenvalue weighted by Crippen LogP contribution is -2.33. The monoisotopic (exact) mass is 487 g/mol. The molecule has 0 saturated heterocycles. The number of hydrogen-bond donors (Lipinski definition) is 2. The van der Waals surface area contributed by atoms with Crippen molar-refractivity contribution in [2.75, 3.05) is 94.2 Å². The fraction of sp³-hybridized carbons (Fsp3) is 0.923. The molecule has 0 spiro atoms. The molecule has 2 aliphatic rings. The fourth-order valence-electron chi connectivity index (χ4n) is 2.18. The van der Waals surface area contributed by atoms with Crippen molar-refractivity contribution in [3.63, 3.8) is 0 Å². The van der Waals surface area contributed by atoms with Crippen molar-refractivity contribution in [1.82, 2.24) is 24.9 Å². The first-order chi connectivity index (χ1) is 15.8. The summed E-state index contributed by atoms with van der Waals surface area (Å²) in [5, 5.41) is 11.7. The minimum Gasteiger partial charge on any atom is -0.395 e. The van der Waals surface area contributed by atoms with Gasteiger partial charge in [0.2, 0.25) is 0 Å². The maximum absolute atomic E-state index is 8.55. The Labute approximate surface area is 213 Å². The number of hydrogen-bond acceptors (Lipinski definition) is 8. The number of likely N-dealkylation sites (N-methyl/N-ethyl adjacent to an activating group) is 1. The van der Waals surface area contributed by atoms with Crippen LogP contribution in [0, 0.1) is 0 Å². The second-order valence-electron chi connectivity index (χ2n) is 9.96. The van der Waals surface area contributed by atoms with Crippen LogP contribution in [0.1, 0.15) is 61.8 Å². The number of nitrogens with zero attached hydrogens (tertiary/aromatic N) is 6. The summed E-state index contributed by atoms with van der Waals surface area (Å²) in [7, 11) is 10.3. The van der Waals surface area contributed by atoms with Gasteiger partial charge in [0.05, 0.1) is 31.4 Å². The standard InChI is InChI=1S/C8H17N3.C6H12N2O.C5H13N.C4H11N.C3H8/c1-8-9-4-5-11(8)7-6-10(2)3;1-6-7-2-3-8(6)4-5-9;1-5(2,3)6-4;1-4-5(2)3;1-3-2/h4-7H2,1-3H3;9H,2-5H2,1H3;6H,1-4H3;4H2,1-3H3;3H2,1-2H3. The molecule has 0 saturated carbocycles. The fourth-order valence-corrected chi connectivity index (χ4v) is 2.18. The number of aliphatic hydroxyl groups is 1. The van der Waals surface area contributed by atoms with Crippen molar-refractivity contribution in [2.24, 2.45) is 9.98 Å². The lowest BCUT2D eigenvalue weighted by Gasteiger charge is -2.20. The van der Waals surface area contributed by atoms with Gasteiger partial charge in [0, 0.05) is 38.3 Å². The molecule has 0 radical (unpaired) electrons. The molecule has 2 aliphatic heterocycles. The zero-order chi connectivity index (χ0) is 27.2. The van der Waals surface area contributed by atoms with Gasteiger partial charge in [-0.25, -0.2) is 0 Å². The van der Waals surface area contributed by atoms with Crippen LogP contribution in [0.25, 0.3) is 0 Å². The van der Waals surface area contributed by atoms with Crippen LogP contribution in [0.15, 0.2) is 9.98 Å². The third-order valence-electron chi connectivity index (χ3n) is 4.91. The van der Waals surface area contributed by atoms with Crippen LogP contribution < -0.4 is 5.32 Å². The molecule has 8 nitrogen and oxygen atoms in total. The third kappa shape index (κ3) is 27.0. The average Bonchev–Trinajstić information content (AvgIpc) is 3.36. The van der Waals surface area contributed by atoms with E-state index >= 15 is 0 Å². The van der Waals surface area contributed by atoms with Gasteiger partial charge in [0.1, 0.15) is 0 Å². The van der Waals surface area contributed by atoms with E-state index in [1.165, 1.54) is 12.3 Å². The van der Waals surface area contributed by atoms with E-state index in [0.717, 1.165) is 58.2 Å². The molecule has 0 fully saturated rings. The van der Waals surface area contributed by atoms with E-state index in [0.29, 0.717) is 5.54 Å². The van der Waals surface area contributed by atoms with Crippen LogP contribution in [0.3, 0.4) is 0 Å². The molecule has 206 valence electrons. The quantitative estimate of drug-likeness (QED) is 0.600. The summed E-state index contributed by atoms with van der Waals surface area (Å²) >= 11 is 0. The van der Waals surface area contributed by atoms with E-state index in [9.17, 15) is 0 Å². The van der Waals surface area contributed by atoms with Crippen molar-refractivity contribution in [3.05, 3.63) is 0 Å². The van der Waals surface area contributed by atoms with Gasteiger partial charge in [0.25, 0.3) is 0 Å². The molecule has 2 heterocycles. The highest BCUT2D eigenvalue weighted by Gasteiger charge is 2.11. The van der Waals surface area contributed by atoms with Crippen LogP contribution in [0.2, 0.25) is 0 Å². The summed E-state index contributed by atoms with van der Waals surface area (Å²) in [4.78, 5) is 17.2. The third-order valence-corrected chi connectivity index (χ3v) is 4.91. The van der Waals surface area contributed by atoms with Gasteiger partial charge < -0.3 is 30.0 Å². The molecule has 0 amide bonds. The van der Waals surface area contributed by atoms with E-state index in [-0.39, 0.29) is 6.61 Å². The molecule has 0 aromatic heterocycles. The molecule has 0 bridgehead atoms. The Morgan fingerprint density at radius 3 is 1.41 bits per heavy atom. The van der Waals surface area contributed by atoms with Crippen molar-refractivity contribution < 1.29 is 5.11 Å². The first-order valence-corrected chi connectivity index (χ1v) is 12.9. The molecule has 8 heteroatoms. The molecule has 2 N–H and O–H groups in total. The number of β-amino-alcohol motifs (C(OH)–C–C–N with tert-alkyl or cyclic N) is 1. The summed E-state index contributed by atoms with van der Waals surface area (Å²) in [6.45, 7) is 25.1. The summed E-state index contributed by atoms with van der Waals surface area (Å²) in [5.41, 5.74) is 0.292. The van der Waals surface area contributed by atoms with Crippen molar-refractivity contribution in [3.8, 4) is 0 Å². The van der Waals surface area contributed by atoms with Crippen molar-refractivity contribution in [2.45, 2.75) is 67.3 Å². The summed E-state index contributed by atoms with van der Waals surface area (Å²) in [6, 6.07) is 0. The molecule has 0 unspecified atom stereocenters. The molecule has 34 heavy (non-hydrogen) atoms. The predicted octanol–water partition coefficient (Wildman–Crippen LogP) is 2.98. The molecular formula is C26H61N7O. The number of rotatable bonds is 6. The maximum Gasteiger partial charge on any atom is 0.0959 e. The van der Waals surface area contributed by atoms with Crippen LogP contribution in [0.5, 0.6) is 0 Å². The van der Waals surface area contributed by atoms with Crippen LogP contribution in [-0.2, 0) is 0 Å². The minimum absolute atomic E-state index is 0.229. The Morgan fingerprint density at radius 2 is 1.21 bits per heavy atom. The summed E-state index contributed by atoms with van der Waals surface area (Å²) in [5.74, 6) is 2.26. The largest absolute Gasteiger partial charge is 0.395 e. The van der Waals surface area contributed by atoms with Gasteiger partial charge in [-0.3, -0.25) is 9.98 Å². The molecule has 2 rings (SSSR count). The predicted molar refractivity (Wildman–Crippen MR) is 154 cm³/mol. The van der Waals surface area contributed by atoms with Gasteiger partial charge in [-0.2, -0.15) is 0 Å². The number of nitrogens with one attached hydrogen (secondary N) is 1. The van der Waals surface area contributed by atoms with Gasteiger partial charge in [-0.15, -0.1) is 0 Å². The van der Waals surface area contributed by atoms with Gasteiger partial charge in [-0.1, -0.05) is 27.2 Å². The molecular weight excluding hydrogens is 426 g/mol. The highest BCUT2D eigenvalue weighted by molar-refractivity contribution is 5.81. The second-order valence-corrected chi connectivity index (χ2v) is 9.96. The summed E-state index contributed by atoms with van der Waals surface area (Å²) < 4.78 is 0. The highest BCUT2D eigenvalue weighted by Crippen LogP contribution is 2.00. The van der Waals surface area contributed by atoms with E-state index in [1.54, 1.807) is 0 Å². The van der Waals surface area contributed by atoms with Crippen molar-refractivity contribution >= 4 is 11.7 Å². The van der Waals surface area contributed by atoms with Gasteiger partial charge in [0.15, 0.2) is 0 Å². The Morgan fingerprint density at radius 1 is 0.853 bits per heavy atom. The first kappa shape index (κ1) is 37.3. The van der Waals surface area contributed by atoms with Crippen LogP contribution in [0.4, 0.5) is 0 Å². The molecule has 0 aliphatic carbocycles. The highest BCUT2D eigenvalue weighted by atomic mass is 16.3. The van der Waals surface area contributed by atoms with Crippen molar-refractivity contribution in [1.29, 1.82) is 0 Å². The Bertz CT molecular complexity index is 500. The Hall–Kier alpha value is -1.22. The minimum atomic E-state index is 0.229. The SMILES string of the molecule is CC1=NCCN1CCN(C)C.CC1=NCCN1CCO.CCC.CCN(C)C.CNC(C)(C)C. The zero-order valence-electron chi connectivity index (χ0n) is 25.2. The van der Waals surface area contributed by atoms with E-state index in [4.69, 9.17) is 5.11 Å². The average molecular weight is 488 g/mol. The number of aliphatic imine (C=N–C) groups is 2. The lowest BCUT2D eigenvalue weighted by molar-refractivity contribution is 0.256. The lowest BCUT2D eigenvalue weighted by atomic mass is 10.1. The summed E-state index contributed by atoms with van der Waals surface area (Å²) in [6.07, 6.45) is 1.25. The molecule has 0 aromatic carbocycles. The maximum atomic E-state index is 8.55. The Kier molecular flexibility index (Phi) is 25.8. The first-order valence-electron chi connectivity index (χ1n) is 12.9. The molecule has 0 atom stereocenters. The van der Waals surface area contributed by atoms with Gasteiger partial charge >= 0.3 is 0 Å². The van der Waals surface area contributed by atoms with E-state index in [2.05, 4.69) is 112 Å².